The maximum atomic E-state index is 4.91. The average molecular weight is 297 g/mol. The fourth-order valence-corrected chi connectivity index (χ4v) is 4.41. The molecule has 1 N–H and O–H groups in total. The molecule has 4 heteroatoms. The summed E-state index contributed by atoms with van der Waals surface area (Å²) < 4.78 is 0. The first-order valence-electron chi connectivity index (χ1n) is 7.66. The van der Waals surface area contributed by atoms with Gasteiger partial charge in [0, 0.05) is 29.5 Å². The third-order valence-corrected chi connectivity index (χ3v) is 5.35. The number of nitrogens with zero attached hydrogens (tertiary/aromatic N) is 2. The van der Waals surface area contributed by atoms with Crippen LogP contribution in [0, 0.1) is 0 Å². The second kappa shape index (κ2) is 5.34. The molecule has 0 saturated heterocycles. The van der Waals surface area contributed by atoms with Crippen LogP contribution >= 0.6 is 11.8 Å². The molecule has 2 heterocycles. The zero-order chi connectivity index (χ0) is 14.2. The SMILES string of the molecule is CCNc1nc(C2CCc3ccccc32)nc2c1CSC2. The first-order valence-corrected chi connectivity index (χ1v) is 8.81. The Morgan fingerprint density at radius 2 is 2.14 bits per heavy atom. The third kappa shape index (κ3) is 2.22. The molecule has 2 aliphatic rings. The fraction of sp³-hybridized carbons (Fsp3) is 0.412. The predicted molar refractivity (Wildman–Crippen MR) is 87.8 cm³/mol. The van der Waals surface area contributed by atoms with Crippen molar-refractivity contribution >= 4 is 17.6 Å². The van der Waals surface area contributed by atoms with Gasteiger partial charge in [0.1, 0.15) is 11.6 Å². The van der Waals surface area contributed by atoms with Crippen molar-refractivity contribution in [3.05, 3.63) is 52.5 Å². The zero-order valence-corrected chi connectivity index (χ0v) is 13.0. The molecule has 0 bridgehead atoms. The summed E-state index contributed by atoms with van der Waals surface area (Å²) in [5.41, 5.74) is 5.44. The maximum Gasteiger partial charge on any atom is 0.138 e. The van der Waals surface area contributed by atoms with Crippen molar-refractivity contribution in [3.63, 3.8) is 0 Å². The van der Waals surface area contributed by atoms with E-state index < -0.39 is 0 Å². The second-order valence-corrected chi connectivity index (χ2v) is 6.65. The number of anilines is 1. The lowest BCUT2D eigenvalue weighted by Crippen LogP contribution is -2.11. The van der Waals surface area contributed by atoms with Crippen LogP contribution < -0.4 is 5.32 Å². The molecule has 3 nitrogen and oxygen atoms in total. The zero-order valence-electron chi connectivity index (χ0n) is 12.2. The van der Waals surface area contributed by atoms with Gasteiger partial charge >= 0.3 is 0 Å². The minimum absolute atomic E-state index is 0.370. The summed E-state index contributed by atoms with van der Waals surface area (Å²) in [6.07, 6.45) is 2.28. The number of benzene rings is 1. The highest BCUT2D eigenvalue weighted by molar-refractivity contribution is 7.98. The summed E-state index contributed by atoms with van der Waals surface area (Å²) >= 11 is 1.94. The number of fused-ring (bicyclic) bond motifs is 2. The minimum atomic E-state index is 0.370. The van der Waals surface area contributed by atoms with Crippen molar-refractivity contribution in [2.45, 2.75) is 37.2 Å². The van der Waals surface area contributed by atoms with E-state index >= 15 is 0 Å². The standard InChI is InChI=1S/C17H19N3S/c1-2-18-16-14-9-21-10-15(14)19-17(20-16)13-8-7-11-5-3-4-6-12(11)13/h3-6,13H,2,7-10H2,1H3,(H,18,19,20). The highest BCUT2D eigenvalue weighted by Crippen LogP contribution is 2.39. The number of aryl methyl sites for hydroxylation is 1. The van der Waals surface area contributed by atoms with Gasteiger partial charge in [-0.25, -0.2) is 9.97 Å². The maximum absolute atomic E-state index is 4.91. The summed E-state index contributed by atoms with van der Waals surface area (Å²) in [7, 11) is 0. The van der Waals surface area contributed by atoms with E-state index in [9.17, 15) is 0 Å². The van der Waals surface area contributed by atoms with Crippen molar-refractivity contribution in [2.24, 2.45) is 0 Å². The van der Waals surface area contributed by atoms with Gasteiger partial charge in [-0.2, -0.15) is 11.8 Å². The number of thioether (sulfide) groups is 1. The van der Waals surface area contributed by atoms with Gasteiger partial charge in [-0.1, -0.05) is 24.3 Å². The molecule has 4 rings (SSSR count). The lowest BCUT2D eigenvalue weighted by atomic mass is 10.0. The van der Waals surface area contributed by atoms with E-state index in [2.05, 4.69) is 36.5 Å². The fourth-order valence-electron chi connectivity index (χ4n) is 3.37. The quantitative estimate of drug-likeness (QED) is 0.936. The van der Waals surface area contributed by atoms with E-state index in [4.69, 9.17) is 9.97 Å². The Kier molecular flexibility index (Phi) is 3.34. The van der Waals surface area contributed by atoms with Crippen molar-refractivity contribution < 1.29 is 0 Å². The van der Waals surface area contributed by atoms with Crippen LogP contribution in [0.5, 0.6) is 0 Å². The van der Waals surface area contributed by atoms with Crippen LogP contribution in [0.1, 0.15) is 47.5 Å². The van der Waals surface area contributed by atoms with Crippen molar-refractivity contribution in [1.82, 2.24) is 9.97 Å². The smallest absolute Gasteiger partial charge is 0.138 e. The molecular formula is C17H19N3S. The van der Waals surface area contributed by atoms with Gasteiger partial charge in [-0.05, 0) is 30.9 Å². The number of hydrogen-bond acceptors (Lipinski definition) is 4. The molecule has 1 atom stereocenters. The molecule has 0 saturated carbocycles. The van der Waals surface area contributed by atoms with Gasteiger partial charge in [-0.3, -0.25) is 0 Å². The predicted octanol–water partition coefficient (Wildman–Crippen LogP) is 3.73. The van der Waals surface area contributed by atoms with Gasteiger partial charge in [0.25, 0.3) is 0 Å². The summed E-state index contributed by atoms with van der Waals surface area (Å²) in [6.45, 7) is 3.04. The lowest BCUT2D eigenvalue weighted by molar-refractivity contribution is 0.722. The highest BCUT2D eigenvalue weighted by Gasteiger charge is 2.28. The molecule has 1 aliphatic heterocycles. The Labute approximate surface area is 129 Å². The Hall–Kier alpha value is -1.55. The molecule has 2 aromatic rings. The Morgan fingerprint density at radius 3 is 3.05 bits per heavy atom. The molecule has 0 fully saturated rings. The van der Waals surface area contributed by atoms with Gasteiger partial charge in [0.15, 0.2) is 0 Å². The van der Waals surface area contributed by atoms with Crippen LogP contribution in [0.3, 0.4) is 0 Å². The number of rotatable bonds is 3. The van der Waals surface area contributed by atoms with E-state index in [1.807, 2.05) is 11.8 Å². The molecule has 0 amide bonds. The molecule has 1 aliphatic carbocycles. The Balaban J connectivity index is 1.78. The van der Waals surface area contributed by atoms with Gasteiger partial charge in [-0.15, -0.1) is 0 Å². The van der Waals surface area contributed by atoms with Crippen LogP contribution in [0.15, 0.2) is 24.3 Å². The number of hydrogen-bond donors (Lipinski definition) is 1. The molecule has 1 aromatic heterocycles. The summed E-state index contributed by atoms with van der Waals surface area (Å²) in [5, 5.41) is 3.43. The summed E-state index contributed by atoms with van der Waals surface area (Å²) in [4.78, 5) is 9.78. The first kappa shape index (κ1) is 13.1. The van der Waals surface area contributed by atoms with Gasteiger partial charge in [0.05, 0.1) is 5.69 Å². The highest BCUT2D eigenvalue weighted by atomic mass is 32.2. The van der Waals surface area contributed by atoms with Crippen molar-refractivity contribution in [2.75, 3.05) is 11.9 Å². The summed E-state index contributed by atoms with van der Waals surface area (Å²) in [5.74, 6) is 4.51. The van der Waals surface area contributed by atoms with Crippen LogP contribution in [-0.2, 0) is 17.9 Å². The number of nitrogens with one attached hydrogen (secondary N) is 1. The Morgan fingerprint density at radius 1 is 1.24 bits per heavy atom. The first-order chi connectivity index (χ1) is 10.4. The topological polar surface area (TPSA) is 37.8 Å². The van der Waals surface area contributed by atoms with E-state index in [0.29, 0.717) is 5.92 Å². The molecule has 1 aromatic carbocycles. The molecule has 1 unspecified atom stereocenters. The van der Waals surface area contributed by atoms with Crippen molar-refractivity contribution in [3.8, 4) is 0 Å². The van der Waals surface area contributed by atoms with Crippen LogP contribution in [0.2, 0.25) is 0 Å². The monoisotopic (exact) mass is 297 g/mol. The molecule has 0 radical (unpaired) electrons. The molecule has 108 valence electrons. The third-order valence-electron chi connectivity index (χ3n) is 4.38. The summed E-state index contributed by atoms with van der Waals surface area (Å²) in [6, 6.07) is 8.74. The van der Waals surface area contributed by atoms with E-state index in [-0.39, 0.29) is 0 Å². The normalized spacial score (nSPS) is 19.4. The van der Waals surface area contributed by atoms with Crippen LogP contribution in [0.25, 0.3) is 0 Å². The van der Waals surface area contributed by atoms with E-state index in [1.54, 1.807) is 0 Å². The van der Waals surface area contributed by atoms with E-state index in [0.717, 1.165) is 42.5 Å². The van der Waals surface area contributed by atoms with Gasteiger partial charge in [0.2, 0.25) is 0 Å². The Bertz CT molecular complexity index is 684. The van der Waals surface area contributed by atoms with E-state index in [1.165, 1.54) is 22.4 Å². The number of aromatic nitrogens is 2. The average Bonchev–Trinajstić information content (AvgIpc) is 3.13. The molecule has 0 spiro atoms. The lowest BCUT2D eigenvalue weighted by Gasteiger charge is -2.15. The molecule has 21 heavy (non-hydrogen) atoms. The van der Waals surface area contributed by atoms with Crippen LogP contribution in [0.4, 0.5) is 5.82 Å². The minimum Gasteiger partial charge on any atom is -0.370 e. The molecular weight excluding hydrogens is 278 g/mol. The van der Waals surface area contributed by atoms with Crippen molar-refractivity contribution in [1.29, 1.82) is 0 Å². The largest absolute Gasteiger partial charge is 0.370 e. The van der Waals surface area contributed by atoms with Gasteiger partial charge < -0.3 is 5.32 Å². The van der Waals surface area contributed by atoms with Crippen LogP contribution in [-0.4, -0.2) is 16.5 Å². The second-order valence-electron chi connectivity index (χ2n) is 5.67.